The normalized spacial score (nSPS) is 10.7. The molecule has 3 N–H and O–H groups in total. The van der Waals surface area contributed by atoms with Crippen LogP contribution in [0.1, 0.15) is 0 Å². The van der Waals surface area contributed by atoms with Crippen LogP contribution < -0.4 is 11.1 Å². The Morgan fingerprint density at radius 3 is 2.50 bits per heavy atom. The minimum Gasteiger partial charge on any atom is -0.386 e. The molecule has 0 aliphatic heterocycles. The van der Waals surface area contributed by atoms with Crippen LogP contribution in [0.5, 0.6) is 0 Å². The zero-order valence-electron chi connectivity index (χ0n) is 10.5. The Bertz CT molecular complexity index is 776. The van der Waals surface area contributed by atoms with Gasteiger partial charge in [0.05, 0.1) is 11.5 Å². The van der Waals surface area contributed by atoms with Crippen molar-refractivity contribution in [2.75, 3.05) is 5.32 Å². The predicted molar refractivity (Wildman–Crippen MR) is 80.8 cm³/mol. The van der Waals surface area contributed by atoms with E-state index in [0.717, 1.165) is 22.4 Å². The molecule has 2 aromatic carbocycles. The largest absolute Gasteiger partial charge is 0.386 e. The van der Waals surface area contributed by atoms with Crippen LogP contribution in [0.3, 0.4) is 0 Å². The minimum absolute atomic E-state index is 0.384. The molecule has 0 amide bonds. The Morgan fingerprint density at radius 2 is 1.80 bits per heavy atom. The van der Waals surface area contributed by atoms with Crippen LogP contribution in [-0.2, 0) is 0 Å². The highest BCUT2D eigenvalue weighted by Crippen LogP contribution is 2.18. The number of fused-ring (bicyclic) bond motifs is 1. The fraction of sp³-hybridized carbons (Fsp3) is 0. The van der Waals surface area contributed by atoms with E-state index >= 15 is 0 Å². The highest BCUT2D eigenvalue weighted by Gasteiger charge is 2.05. The molecule has 0 saturated heterocycles. The van der Waals surface area contributed by atoms with Gasteiger partial charge in [-0.3, -0.25) is 0 Å². The van der Waals surface area contributed by atoms with E-state index in [9.17, 15) is 0 Å². The summed E-state index contributed by atoms with van der Waals surface area (Å²) >= 11 is 5.87. The average molecular weight is 286 g/mol. The number of nitrogens with two attached hydrogens (primary N) is 1. The van der Waals surface area contributed by atoms with Crippen molar-refractivity contribution < 1.29 is 0 Å². The van der Waals surface area contributed by atoms with Gasteiger partial charge in [-0.2, -0.15) is 4.80 Å². The average Bonchev–Trinajstić information content (AvgIpc) is 2.81. The maximum Gasteiger partial charge on any atom is 0.115 e. The van der Waals surface area contributed by atoms with Gasteiger partial charge in [-0.05, 0) is 42.5 Å². The van der Waals surface area contributed by atoms with E-state index in [0.29, 0.717) is 10.8 Å². The van der Waals surface area contributed by atoms with Gasteiger partial charge >= 0.3 is 0 Å². The number of hydrogen-bond acceptors (Lipinski definition) is 4. The standard InChI is InChI=1S/C14H12ClN5/c1-9(16)17-11-4-7-13-14(8-11)19-20(18-13)12-5-2-10(15)3-6-12/h2-8,17H,1,16H2. The van der Waals surface area contributed by atoms with Crippen molar-refractivity contribution in [3.63, 3.8) is 0 Å². The lowest BCUT2D eigenvalue weighted by atomic mass is 10.3. The number of nitrogens with zero attached hydrogens (tertiary/aromatic N) is 3. The summed E-state index contributed by atoms with van der Waals surface area (Å²) in [5, 5.41) is 12.5. The van der Waals surface area contributed by atoms with Crippen LogP contribution in [0.15, 0.2) is 54.9 Å². The minimum atomic E-state index is 0.384. The van der Waals surface area contributed by atoms with E-state index in [1.807, 2.05) is 30.3 Å². The summed E-state index contributed by atoms with van der Waals surface area (Å²) in [6.07, 6.45) is 0. The summed E-state index contributed by atoms with van der Waals surface area (Å²) in [6.45, 7) is 3.60. The predicted octanol–water partition coefficient (Wildman–Crippen LogP) is 2.92. The first kappa shape index (κ1) is 12.5. The molecule has 20 heavy (non-hydrogen) atoms. The second-order valence-corrected chi connectivity index (χ2v) is 4.76. The summed E-state index contributed by atoms with van der Waals surface area (Å²) in [5.41, 5.74) is 8.77. The third-order valence-electron chi connectivity index (χ3n) is 2.74. The van der Waals surface area contributed by atoms with Crippen molar-refractivity contribution in [3.8, 4) is 5.69 Å². The van der Waals surface area contributed by atoms with Gasteiger partial charge in [0, 0.05) is 10.7 Å². The highest BCUT2D eigenvalue weighted by molar-refractivity contribution is 6.30. The molecule has 0 unspecified atom stereocenters. The van der Waals surface area contributed by atoms with E-state index < -0.39 is 0 Å². The smallest absolute Gasteiger partial charge is 0.115 e. The third-order valence-corrected chi connectivity index (χ3v) is 2.99. The number of hydrogen-bond donors (Lipinski definition) is 2. The van der Waals surface area contributed by atoms with E-state index in [1.165, 1.54) is 0 Å². The molecule has 0 bridgehead atoms. The van der Waals surface area contributed by atoms with Crippen molar-refractivity contribution in [3.05, 3.63) is 59.9 Å². The molecule has 0 fully saturated rings. The van der Waals surface area contributed by atoms with Gasteiger partial charge in [0.1, 0.15) is 11.0 Å². The number of aromatic nitrogens is 3. The second kappa shape index (κ2) is 4.86. The summed E-state index contributed by atoms with van der Waals surface area (Å²) < 4.78 is 0. The molecule has 0 saturated carbocycles. The van der Waals surface area contributed by atoms with E-state index in [-0.39, 0.29) is 0 Å². The first-order chi connectivity index (χ1) is 9.61. The van der Waals surface area contributed by atoms with Crippen molar-refractivity contribution in [1.82, 2.24) is 15.0 Å². The van der Waals surface area contributed by atoms with Gasteiger partial charge < -0.3 is 11.1 Å². The molecule has 0 aliphatic carbocycles. The molecule has 1 heterocycles. The second-order valence-electron chi connectivity index (χ2n) is 4.32. The number of rotatable bonds is 3. The lowest BCUT2D eigenvalue weighted by Gasteiger charge is -2.03. The van der Waals surface area contributed by atoms with Gasteiger partial charge in [-0.1, -0.05) is 18.2 Å². The van der Waals surface area contributed by atoms with Crippen LogP contribution in [-0.4, -0.2) is 15.0 Å². The fourth-order valence-electron chi connectivity index (χ4n) is 1.87. The SMILES string of the molecule is C=C(N)Nc1ccc2nn(-c3ccc(Cl)cc3)nc2c1. The Balaban J connectivity index is 2.01. The van der Waals surface area contributed by atoms with Crippen molar-refractivity contribution in [1.29, 1.82) is 0 Å². The van der Waals surface area contributed by atoms with Gasteiger partial charge in [-0.15, -0.1) is 10.2 Å². The third kappa shape index (κ3) is 2.44. The molecule has 3 aromatic rings. The molecule has 5 nitrogen and oxygen atoms in total. The number of nitrogens with one attached hydrogen (secondary N) is 1. The molecule has 0 spiro atoms. The van der Waals surface area contributed by atoms with Gasteiger partial charge in [-0.25, -0.2) is 0 Å². The Morgan fingerprint density at radius 1 is 1.10 bits per heavy atom. The lowest BCUT2D eigenvalue weighted by molar-refractivity contribution is 0.766. The molecule has 3 rings (SSSR count). The van der Waals surface area contributed by atoms with Crippen molar-refractivity contribution >= 4 is 28.3 Å². The molecule has 0 atom stereocenters. The Kier molecular flexibility index (Phi) is 3.04. The molecule has 100 valence electrons. The highest BCUT2D eigenvalue weighted by atomic mass is 35.5. The van der Waals surface area contributed by atoms with Crippen LogP contribution in [0.4, 0.5) is 5.69 Å². The topological polar surface area (TPSA) is 68.8 Å². The molecule has 0 aliphatic rings. The van der Waals surface area contributed by atoms with Crippen LogP contribution >= 0.6 is 11.6 Å². The number of halogens is 1. The summed E-state index contributed by atoms with van der Waals surface area (Å²) in [6, 6.07) is 12.9. The van der Waals surface area contributed by atoms with E-state index in [1.54, 1.807) is 16.9 Å². The van der Waals surface area contributed by atoms with Crippen LogP contribution in [0, 0.1) is 0 Å². The quantitative estimate of drug-likeness (QED) is 0.776. The fourth-order valence-corrected chi connectivity index (χ4v) is 1.99. The summed E-state index contributed by atoms with van der Waals surface area (Å²) in [5.74, 6) is 0.384. The van der Waals surface area contributed by atoms with Crippen LogP contribution in [0.25, 0.3) is 16.7 Å². The van der Waals surface area contributed by atoms with Gasteiger partial charge in [0.15, 0.2) is 0 Å². The summed E-state index contributed by atoms with van der Waals surface area (Å²) in [4.78, 5) is 1.57. The zero-order chi connectivity index (χ0) is 14.1. The van der Waals surface area contributed by atoms with Crippen molar-refractivity contribution in [2.24, 2.45) is 5.73 Å². The molecule has 0 radical (unpaired) electrons. The number of anilines is 1. The first-order valence-corrected chi connectivity index (χ1v) is 6.34. The molecular weight excluding hydrogens is 274 g/mol. The van der Waals surface area contributed by atoms with Crippen LogP contribution in [0.2, 0.25) is 5.02 Å². The van der Waals surface area contributed by atoms with E-state index in [4.69, 9.17) is 17.3 Å². The monoisotopic (exact) mass is 285 g/mol. The van der Waals surface area contributed by atoms with Gasteiger partial charge in [0.2, 0.25) is 0 Å². The maximum absolute atomic E-state index is 5.87. The Hall–Kier alpha value is -2.53. The van der Waals surface area contributed by atoms with Crippen molar-refractivity contribution in [2.45, 2.75) is 0 Å². The zero-order valence-corrected chi connectivity index (χ0v) is 11.3. The summed E-state index contributed by atoms with van der Waals surface area (Å²) in [7, 11) is 0. The van der Waals surface area contributed by atoms with Gasteiger partial charge in [0.25, 0.3) is 0 Å². The molecule has 6 heteroatoms. The number of benzene rings is 2. The molecule has 1 aromatic heterocycles. The first-order valence-electron chi connectivity index (χ1n) is 5.96. The lowest BCUT2D eigenvalue weighted by Crippen LogP contribution is -2.06. The van der Waals surface area contributed by atoms with E-state index in [2.05, 4.69) is 22.1 Å². The molecular formula is C14H12ClN5. The maximum atomic E-state index is 5.87. The Labute approximate surface area is 120 Å².